The molecule has 20 rings (SSSR count). The number of benzene rings is 12. The second-order valence-corrected chi connectivity index (χ2v) is 24.4. The second-order valence-electron chi connectivity index (χ2n) is 22.3. The molecule has 20 aromatic rings. The molecule has 8 aromatic heterocycles. The van der Waals surface area contributed by atoms with Crippen molar-refractivity contribution in [3.05, 3.63) is 255 Å². The maximum absolute atomic E-state index is 2.50. The zero-order chi connectivity index (χ0) is 53.1. The van der Waals surface area contributed by atoms with E-state index >= 15 is 0 Å². The van der Waals surface area contributed by atoms with E-state index in [-0.39, 0.29) is 0 Å². The number of fused-ring (bicyclic) bond motifs is 31. The Bertz CT molecular complexity index is 6240. The molecule has 0 fully saturated rings. The maximum atomic E-state index is 2.50. The topological polar surface area (TPSA) is 18.7 Å². The van der Waals surface area contributed by atoms with Crippen molar-refractivity contribution in [2.75, 3.05) is 0 Å². The molecule has 0 bridgehead atoms. The van der Waals surface area contributed by atoms with Gasteiger partial charge >= 0.3 is 0 Å². The molecule has 0 spiro atoms. The van der Waals surface area contributed by atoms with Gasteiger partial charge in [0.15, 0.2) is 0 Å². The van der Waals surface area contributed by atoms with Crippen LogP contribution in [0.15, 0.2) is 255 Å². The average molecular weight is 1080 g/mol. The summed E-state index contributed by atoms with van der Waals surface area (Å²) in [5, 5.41) is 23.1. The summed E-state index contributed by atoms with van der Waals surface area (Å²) in [6.45, 7) is 0. The number of pyridine rings is 2. The fourth-order valence-corrected chi connectivity index (χ4v) is 17.3. The van der Waals surface area contributed by atoms with E-state index in [1.54, 1.807) is 0 Å². The molecule has 0 aliphatic rings. The van der Waals surface area contributed by atoms with Crippen LogP contribution in [0.5, 0.6) is 0 Å². The van der Waals surface area contributed by atoms with Crippen molar-refractivity contribution in [1.82, 2.24) is 17.9 Å². The SMILES string of the molecule is c1ccc(-n2c3ccccc3c3c4c5c(ccc6c7cc(-c8ccc(-n9c%10ccccc%10c%10cc%11c%12c(ccc%13c%14ccccc%14sc%13%12)c%12c%13ccccc%13cn%12c%11cc%109)cc8)ccc7sc65)c5c6ccccc6cn5c4ccc32)cc1. The normalized spacial score (nSPS) is 12.6. The van der Waals surface area contributed by atoms with Gasteiger partial charge in [0.1, 0.15) is 0 Å². The summed E-state index contributed by atoms with van der Waals surface area (Å²) in [6, 6.07) is 91.0. The van der Waals surface area contributed by atoms with Crippen molar-refractivity contribution >= 4 is 183 Å². The van der Waals surface area contributed by atoms with Crippen molar-refractivity contribution in [3.63, 3.8) is 0 Å². The minimum absolute atomic E-state index is 1.14. The lowest BCUT2D eigenvalue weighted by molar-refractivity contribution is 1.18. The van der Waals surface area contributed by atoms with Gasteiger partial charge in [0.2, 0.25) is 0 Å². The van der Waals surface area contributed by atoms with E-state index in [9.17, 15) is 0 Å². The lowest BCUT2D eigenvalue weighted by Gasteiger charge is -2.13. The van der Waals surface area contributed by atoms with Gasteiger partial charge in [-0.3, -0.25) is 0 Å². The molecule has 0 saturated heterocycles. The van der Waals surface area contributed by atoms with Crippen LogP contribution in [0.3, 0.4) is 0 Å². The third-order valence-electron chi connectivity index (χ3n) is 18.3. The summed E-state index contributed by atoms with van der Waals surface area (Å²) in [7, 11) is 0. The number of nitrogens with zero attached hydrogens (tertiary/aromatic N) is 4. The van der Waals surface area contributed by atoms with Crippen molar-refractivity contribution in [1.29, 1.82) is 0 Å². The van der Waals surface area contributed by atoms with Gasteiger partial charge in [0.05, 0.1) is 44.1 Å². The van der Waals surface area contributed by atoms with Gasteiger partial charge in [-0.2, -0.15) is 0 Å². The monoisotopic (exact) mass is 1070 g/mol. The molecule has 0 N–H and O–H groups in total. The smallest absolute Gasteiger partial charge is 0.0614 e. The van der Waals surface area contributed by atoms with Crippen LogP contribution in [0.4, 0.5) is 0 Å². The molecule has 6 heteroatoms. The van der Waals surface area contributed by atoms with Crippen molar-refractivity contribution < 1.29 is 0 Å². The van der Waals surface area contributed by atoms with Crippen molar-refractivity contribution in [2.24, 2.45) is 0 Å². The summed E-state index contributed by atoms with van der Waals surface area (Å²) in [6.07, 6.45) is 4.69. The molecule has 0 radical (unpaired) electrons. The Balaban J connectivity index is 0.794. The van der Waals surface area contributed by atoms with E-state index in [0.717, 1.165) is 11.4 Å². The highest BCUT2D eigenvalue weighted by Gasteiger charge is 2.24. The van der Waals surface area contributed by atoms with Gasteiger partial charge in [-0.25, -0.2) is 0 Å². The predicted molar refractivity (Wildman–Crippen MR) is 353 cm³/mol. The van der Waals surface area contributed by atoms with Gasteiger partial charge in [0, 0.05) is 140 Å². The number of thiophene rings is 2. The van der Waals surface area contributed by atoms with Gasteiger partial charge in [0.25, 0.3) is 0 Å². The van der Waals surface area contributed by atoms with Crippen LogP contribution in [0.2, 0.25) is 0 Å². The van der Waals surface area contributed by atoms with E-state index in [4.69, 9.17) is 0 Å². The Kier molecular flexibility index (Phi) is 8.39. The summed E-state index contributed by atoms with van der Waals surface area (Å²) >= 11 is 3.85. The summed E-state index contributed by atoms with van der Waals surface area (Å²) in [5.41, 5.74) is 14.5. The lowest BCUT2D eigenvalue weighted by atomic mass is 9.97. The lowest BCUT2D eigenvalue weighted by Crippen LogP contribution is -1.95. The van der Waals surface area contributed by atoms with Crippen molar-refractivity contribution in [2.45, 2.75) is 0 Å². The third kappa shape index (κ3) is 5.60. The zero-order valence-corrected chi connectivity index (χ0v) is 45.5. The molecule has 82 heavy (non-hydrogen) atoms. The first-order valence-electron chi connectivity index (χ1n) is 28.1. The van der Waals surface area contributed by atoms with Crippen LogP contribution < -0.4 is 0 Å². The first-order chi connectivity index (χ1) is 40.7. The van der Waals surface area contributed by atoms with Gasteiger partial charge in [-0.05, 0) is 90.0 Å². The van der Waals surface area contributed by atoms with E-state index in [1.807, 2.05) is 22.7 Å². The standard InChI is InChI=1S/C76H42N4S2/c1-2-16-47(17-3-1)79-62-24-12-9-22-55(62)70-64(79)36-35-63-72(70)71-57(74-50-19-7-4-14-45(50)41-77(63)74)34-32-54-59-38-44(28-37-68(59)82-76(54)71)43-26-29-48(30-27-43)80-61-23-11-8-20-51(61)58-39-60-65(40-66(58)80)78-42-46-15-5-6-18-49(46)73(78)56-33-31-53-52-21-10-13-25-67(52)81-75(53)69(56)60/h1-42H. The Labute approximate surface area is 475 Å². The van der Waals surface area contributed by atoms with Gasteiger partial charge in [-0.15, -0.1) is 22.7 Å². The highest BCUT2D eigenvalue weighted by molar-refractivity contribution is 7.27. The van der Waals surface area contributed by atoms with Crippen LogP contribution in [-0.4, -0.2) is 17.9 Å². The van der Waals surface area contributed by atoms with Crippen LogP contribution in [0.25, 0.3) is 182 Å². The first-order valence-corrected chi connectivity index (χ1v) is 29.8. The highest BCUT2D eigenvalue weighted by atomic mass is 32.1. The Hall–Kier alpha value is -10.2. The average Bonchev–Trinajstić information content (AvgIpc) is 1.83. The number of hydrogen-bond acceptors (Lipinski definition) is 2. The molecule has 0 aliphatic heterocycles. The summed E-state index contributed by atoms with van der Waals surface area (Å²) in [4.78, 5) is 0. The van der Waals surface area contributed by atoms with Crippen LogP contribution in [-0.2, 0) is 0 Å². The minimum Gasteiger partial charge on any atom is -0.315 e. The molecule has 0 atom stereocenters. The van der Waals surface area contributed by atoms with Crippen LogP contribution in [0, 0.1) is 0 Å². The van der Waals surface area contributed by atoms with Gasteiger partial charge < -0.3 is 17.9 Å². The van der Waals surface area contributed by atoms with Crippen LogP contribution in [0.1, 0.15) is 0 Å². The Morgan fingerprint density at radius 3 is 1.54 bits per heavy atom. The molecular weight excluding hydrogens is 1030 g/mol. The summed E-state index contributed by atoms with van der Waals surface area (Å²) in [5.74, 6) is 0. The van der Waals surface area contributed by atoms with E-state index < -0.39 is 0 Å². The molecular formula is C76H42N4S2. The highest BCUT2D eigenvalue weighted by Crippen LogP contribution is 2.50. The summed E-state index contributed by atoms with van der Waals surface area (Å²) < 4.78 is 15.2. The van der Waals surface area contributed by atoms with E-state index in [1.165, 1.54) is 171 Å². The number of hydrogen-bond donors (Lipinski definition) is 0. The minimum atomic E-state index is 1.14. The fraction of sp³-hybridized carbons (Fsp3) is 0. The maximum Gasteiger partial charge on any atom is 0.0614 e. The molecule has 0 saturated carbocycles. The Morgan fingerprint density at radius 2 is 0.780 bits per heavy atom. The molecule has 0 aliphatic carbocycles. The quantitative estimate of drug-likeness (QED) is 0.157. The van der Waals surface area contributed by atoms with Crippen LogP contribution >= 0.6 is 22.7 Å². The number of para-hydroxylation sites is 3. The number of rotatable bonds is 3. The predicted octanol–water partition coefficient (Wildman–Crippen LogP) is 21.7. The number of aromatic nitrogens is 4. The van der Waals surface area contributed by atoms with Crippen molar-refractivity contribution in [3.8, 4) is 22.5 Å². The molecule has 12 aromatic carbocycles. The van der Waals surface area contributed by atoms with Gasteiger partial charge in [-0.1, -0.05) is 164 Å². The zero-order valence-electron chi connectivity index (χ0n) is 43.9. The van der Waals surface area contributed by atoms with E-state index in [0.29, 0.717) is 0 Å². The second kappa shape index (κ2) is 15.8. The Morgan fingerprint density at radius 1 is 0.244 bits per heavy atom. The molecule has 0 unspecified atom stereocenters. The third-order valence-corrected chi connectivity index (χ3v) is 20.7. The molecule has 378 valence electrons. The van der Waals surface area contributed by atoms with E-state index in [2.05, 4.69) is 273 Å². The largest absolute Gasteiger partial charge is 0.315 e. The fourth-order valence-electron chi connectivity index (χ4n) is 14.8. The molecule has 4 nitrogen and oxygen atoms in total. The molecule has 8 heterocycles. The first kappa shape index (κ1) is 43.6. The molecule has 0 amide bonds.